The average molecular weight is 422 g/mol. The van der Waals surface area contributed by atoms with E-state index in [2.05, 4.69) is 0 Å². The second-order valence-corrected chi connectivity index (χ2v) is 8.60. The van der Waals surface area contributed by atoms with Crippen LogP contribution in [0.1, 0.15) is 19.4 Å². The van der Waals surface area contributed by atoms with Gasteiger partial charge in [0.15, 0.2) is 0 Å². The first kappa shape index (κ1) is 19.8. The number of rotatable bonds is 5. The Labute approximate surface area is 172 Å². The second kappa shape index (κ2) is 7.97. The van der Waals surface area contributed by atoms with Crippen molar-refractivity contribution in [2.45, 2.75) is 19.1 Å². The zero-order chi connectivity index (χ0) is 19.7. The molecule has 1 aliphatic rings. The van der Waals surface area contributed by atoms with Gasteiger partial charge in [-0.1, -0.05) is 49.2 Å². The van der Waals surface area contributed by atoms with Crippen LogP contribution in [-0.4, -0.2) is 24.2 Å². The monoisotopic (exact) mass is 421 g/mol. The summed E-state index contributed by atoms with van der Waals surface area (Å²) < 4.78 is 5.33. The smallest absolute Gasteiger partial charge is 0.272 e. The molecule has 3 rings (SSSR count). The maximum Gasteiger partial charge on any atom is 0.272 e. The number of carbonyl (C=O) groups is 2. The molecule has 1 aliphatic heterocycles. The average Bonchev–Trinajstić information content (AvgIpc) is 2.85. The number of ether oxygens (including phenoxy) is 1. The lowest BCUT2D eigenvalue weighted by molar-refractivity contribution is -0.119. The number of amides is 2. The Morgan fingerprint density at radius 3 is 2.19 bits per heavy atom. The van der Waals surface area contributed by atoms with Crippen LogP contribution in [0.25, 0.3) is 5.57 Å². The summed E-state index contributed by atoms with van der Waals surface area (Å²) in [5, 5.41) is 1.09. The van der Waals surface area contributed by atoms with Crippen LogP contribution in [0.4, 0.5) is 5.69 Å². The van der Waals surface area contributed by atoms with Crippen molar-refractivity contribution in [3.05, 3.63) is 63.0 Å². The summed E-state index contributed by atoms with van der Waals surface area (Å²) in [5.41, 5.74) is 1.33. The number of imide groups is 1. The van der Waals surface area contributed by atoms with Gasteiger partial charge < -0.3 is 4.74 Å². The van der Waals surface area contributed by atoms with Gasteiger partial charge in [-0.05, 0) is 35.9 Å². The first-order valence-electron chi connectivity index (χ1n) is 8.22. The molecule has 2 aromatic carbocycles. The van der Waals surface area contributed by atoms with Crippen molar-refractivity contribution in [3.8, 4) is 5.75 Å². The van der Waals surface area contributed by atoms with Crippen molar-refractivity contribution in [1.82, 2.24) is 0 Å². The van der Waals surface area contributed by atoms with Crippen LogP contribution >= 0.6 is 35.0 Å². The van der Waals surface area contributed by atoms with E-state index in [4.69, 9.17) is 27.9 Å². The summed E-state index contributed by atoms with van der Waals surface area (Å²) in [5.74, 6) is -0.400. The van der Waals surface area contributed by atoms with Crippen molar-refractivity contribution in [2.75, 3.05) is 12.0 Å². The number of anilines is 1. The third-order valence-corrected chi connectivity index (χ3v) is 5.48. The van der Waals surface area contributed by atoms with E-state index in [0.29, 0.717) is 37.5 Å². The minimum absolute atomic E-state index is 0.125. The summed E-state index contributed by atoms with van der Waals surface area (Å²) in [6, 6.07) is 11.7. The summed E-state index contributed by atoms with van der Waals surface area (Å²) >= 11 is 13.4. The fraction of sp³-hybridized carbons (Fsp3) is 0.200. The van der Waals surface area contributed by atoms with E-state index in [9.17, 15) is 9.59 Å². The van der Waals surface area contributed by atoms with Crippen LogP contribution in [-0.2, 0) is 9.59 Å². The molecule has 0 fully saturated rings. The Morgan fingerprint density at radius 2 is 1.59 bits per heavy atom. The fourth-order valence-electron chi connectivity index (χ4n) is 2.78. The lowest BCUT2D eigenvalue weighted by atomic mass is 10.1. The molecule has 0 radical (unpaired) electrons. The number of hydrogen-bond donors (Lipinski definition) is 0. The van der Waals surface area contributed by atoms with Crippen LogP contribution in [0.5, 0.6) is 5.75 Å². The molecule has 2 aromatic rings. The van der Waals surface area contributed by atoms with E-state index < -0.39 is 5.91 Å². The van der Waals surface area contributed by atoms with Gasteiger partial charge in [-0.25, -0.2) is 4.90 Å². The molecule has 0 bridgehead atoms. The fourth-order valence-corrected chi connectivity index (χ4v) is 4.06. The molecule has 0 aliphatic carbocycles. The van der Waals surface area contributed by atoms with Gasteiger partial charge >= 0.3 is 0 Å². The van der Waals surface area contributed by atoms with Crippen LogP contribution in [0.2, 0.25) is 10.0 Å². The number of carbonyl (C=O) groups excluding carboxylic acids is 2. The first-order chi connectivity index (χ1) is 12.8. The van der Waals surface area contributed by atoms with Gasteiger partial charge in [0.25, 0.3) is 11.8 Å². The van der Waals surface area contributed by atoms with E-state index >= 15 is 0 Å². The van der Waals surface area contributed by atoms with Crippen LogP contribution < -0.4 is 9.64 Å². The predicted octanol–water partition coefficient (Wildman–Crippen LogP) is 5.43. The van der Waals surface area contributed by atoms with Crippen LogP contribution in [0.3, 0.4) is 0 Å². The van der Waals surface area contributed by atoms with Gasteiger partial charge in [0.1, 0.15) is 5.75 Å². The predicted molar refractivity (Wildman–Crippen MR) is 112 cm³/mol. The minimum Gasteiger partial charge on any atom is -0.495 e. The van der Waals surface area contributed by atoms with Gasteiger partial charge in [0, 0.05) is 15.3 Å². The van der Waals surface area contributed by atoms with E-state index in [1.54, 1.807) is 42.5 Å². The van der Waals surface area contributed by atoms with Crippen molar-refractivity contribution >= 4 is 58.0 Å². The van der Waals surface area contributed by atoms with Crippen molar-refractivity contribution < 1.29 is 14.3 Å². The third-order valence-electron chi connectivity index (χ3n) is 3.91. The summed E-state index contributed by atoms with van der Waals surface area (Å²) in [4.78, 5) is 28.0. The minimum atomic E-state index is -0.411. The molecule has 0 unspecified atom stereocenters. The van der Waals surface area contributed by atoms with E-state index in [1.165, 1.54) is 18.9 Å². The molecular weight excluding hydrogens is 405 g/mol. The molecule has 1 heterocycles. The zero-order valence-electron chi connectivity index (χ0n) is 15.0. The lowest BCUT2D eigenvalue weighted by Crippen LogP contribution is -2.31. The normalized spacial score (nSPS) is 14.5. The highest BCUT2D eigenvalue weighted by Crippen LogP contribution is 2.43. The highest BCUT2D eigenvalue weighted by Gasteiger charge is 2.41. The molecule has 2 amide bonds. The summed E-state index contributed by atoms with van der Waals surface area (Å²) in [6.07, 6.45) is 0. The lowest BCUT2D eigenvalue weighted by Gasteiger charge is -2.18. The number of halogens is 2. The Hall–Kier alpha value is -1.95. The Kier molecular flexibility index (Phi) is 5.84. The van der Waals surface area contributed by atoms with Crippen molar-refractivity contribution in [3.63, 3.8) is 0 Å². The third kappa shape index (κ3) is 3.86. The standard InChI is InChI=1S/C20H17Cl2NO3S/c1-11(2)27-18-17(12-4-6-13(21)7-5-12)19(24)23(20(18)25)15-10-14(22)8-9-16(15)26-3/h4-11H,1-3H3. The molecule has 0 spiro atoms. The highest BCUT2D eigenvalue weighted by molar-refractivity contribution is 8.04. The molecular formula is C20H17Cl2NO3S. The van der Waals surface area contributed by atoms with Gasteiger partial charge in [-0.15, -0.1) is 11.8 Å². The number of hydrogen-bond acceptors (Lipinski definition) is 4. The molecule has 27 heavy (non-hydrogen) atoms. The molecule has 4 nitrogen and oxygen atoms in total. The van der Waals surface area contributed by atoms with E-state index in [-0.39, 0.29) is 11.2 Å². The quantitative estimate of drug-likeness (QED) is 0.603. The van der Waals surface area contributed by atoms with Crippen LogP contribution in [0, 0.1) is 0 Å². The Morgan fingerprint density at radius 1 is 0.963 bits per heavy atom. The second-order valence-electron chi connectivity index (χ2n) is 6.14. The maximum atomic E-state index is 13.3. The molecule has 0 aromatic heterocycles. The van der Waals surface area contributed by atoms with Gasteiger partial charge in [0.05, 0.1) is 23.3 Å². The number of thioether (sulfide) groups is 1. The van der Waals surface area contributed by atoms with Gasteiger partial charge in [-0.2, -0.15) is 0 Å². The molecule has 0 atom stereocenters. The molecule has 7 heteroatoms. The first-order valence-corrected chi connectivity index (χ1v) is 9.86. The molecule has 0 N–H and O–H groups in total. The van der Waals surface area contributed by atoms with E-state index in [1.807, 2.05) is 13.8 Å². The molecule has 0 saturated heterocycles. The number of benzene rings is 2. The zero-order valence-corrected chi connectivity index (χ0v) is 17.3. The van der Waals surface area contributed by atoms with Crippen LogP contribution in [0.15, 0.2) is 47.4 Å². The van der Waals surface area contributed by atoms with Crippen molar-refractivity contribution in [1.29, 1.82) is 0 Å². The number of methoxy groups -OCH3 is 1. The molecule has 140 valence electrons. The van der Waals surface area contributed by atoms with E-state index in [0.717, 1.165) is 4.90 Å². The summed E-state index contributed by atoms with van der Waals surface area (Å²) in [7, 11) is 1.48. The number of nitrogens with zero attached hydrogens (tertiary/aromatic N) is 1. The molecule has 0 saturated carbocycles. The Balaban J connectivity index is 2.15. The van der Waals surface area contributed by atoms with Gasteiger partial charge in [0.2, 0.25) is 0 Å². The van der Waals surface area contributed by atoms with Crippen molar-refractivity contribution in [2.24, 2.45) is 0 Å². The maximum absolute atomic E-state index is 13.3. The Bertz CT molecular complexity index is 939. The largest absolute Gasteiger partial charge is 0.495 e. The summed E-state index contributed by atoms with van der Waals surface area (Å²) in [6.45, 7) is 3.94. The SMILES string of the molecule is COc1ccc(Cl)cc1N1C(=O)C(SC(C)C)=C(c2ccc(Cl)cc2)C1=O. The topological polar surface area (TPSA) is 46.6 Å². The highest BCUT2D eigenvalue weighted by atomic mass is 35.5. The van der Waals surface area contributed by atoms with Gasteiger partial charge in [-0.3, -0.25) is 9.59 Å².